The maximum atomic E-state index is 13.6. The highest BCUT2D eigenvalue weighted by molar-refractivity contribution is 6.30. The van der Waals surface area contributed by atoms with Gasteiger partial charge in [0.25, 0.3) is 0 Å². The van der Waals surface area contributed by atoms with Gasteiger partial charge in [-0.05, 0) is 66.9 Å². The Morgan fingerprint density at radius 2 is 1.72 bits per heavy atom. The summed E-state index contributed by atoms with van der Waals surface area (Å²) in [5, 5.41) is 10.1. The van der Waals surface area contributed by atoms with E-state index in [1.807, 2.05) is 29.2 Å². The first-order chi connectivity index (χ1) is 18.8. The van der Waals surface area contributed by atoms with Crippen LogP contribution in [0.4, 0.5) is 15.0 Å². The predicted molar refractivity (Wildman–Crippen MR) is 146 cm³/mol. The molecule has 2 aliphatic rings. The fourth-order valence-electron chi connectivity index (χ4n) is 5.39. The summed E-state index contributed by atoms with van der Waals surface area (Å²) >= 11 is 6.12. The Balaban J connectivity index is 1.28. The molecule has 1 unspecified atom stereocenters. The normalized spacial score (nSPS) is 19.7. The molecule has 1 N–H and O–H groups in total. The van der Waals surface area contributed by atoms with Crippen molar-refractivity contribution in [2.24, 2.45) is 5.92 Å². The number of likely N-dealkylation sites (N-methyl/N-ethyl adjacent to an activating group) is 1. The molecule has 10 heteroatoms. The number of halogens is 2. The van der Waals surface area contributed by atoms with E-state index < -0.39 is 11.9 Å². The molecule has 2 amide bonds. The van der Waals surface area contributed by atoms with Crippen LogP contribution in [0.2, 0.25) is 5.02 Å². The zero-order valence-corrected chi connectivity index (χ0v) is 22.3. The fraction of sp³-hybridized carbons (Fsp3) is 0.345. The molecule has 0 aliphatic carbocycles. The van der Waals surface area contributed by atoms with E-state index in [0.29, 0.717) is 44.0 Å². The lowest BCUT2D eigenvalue weighted by atomic mass is 9.93. The van der Waals surface area contributed by atoms with Crippen LogP contribution in [0.25, 0.3) is 0 Å². The zero-order chi connectivity index (χ0) is 27.5. The van der Waals surface area contributed by atoms with Crippen LogP contribution in [-0.4, -0.2) is 71.2 Å². The van der Waals surface area contributed by atoms with Gasteiger partial charge in [-0.15, -0.1) is 0 Å². The molecule has 2 fully saturated rings. The van der Waals surface area contributed by atoms with Crippen LogP contribution in [0.1, 0.15) is 24.3 Å². The minimum Gasteiger partial charge on any atom is -0.506 e. The molecule has 3 aromatic rings. The van der Waals surface area contributed by atoms with Crippen LogP contribution >= 0.6 is 11.6 Å². The predicted octanol–water partition coefficient (Wildman–Crippen LogP) is 4.92. The first-order valence-corrected chi connectivity index (χ1v) is 13.3. The quantitative estimate of drug-likeness (QED) is 0.483. The molecule has 0 radical (unpaired) electrons. The molecule has 204 valence electrons. The van der Waals surface area contributed by atoms with Gasteiger partial charge in [-0.2, -0.15) is 0 Å². The van der Waals surface area contributed by atoms with E-state index >= 15 is 0 Å². The number of benzene rings is 2. The van der Waals surface area contributed by atoms with Gasteiger partial charge in [-0.25, -0.2) is 14.2 Å². The lowest BCUT2D eigenvalue weighted by molar-refractivity contribution is -0.135. The highest BCUT2D eigenvalue weighted by Crippen LogP contribution is 2.34. The van der Waals surface area contributed by atoms with E-state index in [2.05, 4.69) is 9.88 Å². The number of aromatic hydroxyl groups is 1. The van der Waals surface area contributed by atoms with E-state index in [4.69, 9.17) is 16.3 Å². The molecule has 39 heavy (non-hydrogen) atoms. The van der Waals surface area contributed by atoms with Gasteiger partial charge in [-0.1, -0.05) is 23.7 Å². The number of hydrogen-bond acceptors (Lipinski definition) is 6. The number of piperidine rings is 1. The molecule has 3 heterocycles. The van der Waals surface area contributed by atoms with Gasteiger partial charge < -0.3 is 24.5 Å². The molecular weight excluding hydrogens is 523 g/mol. The maximum Gasteiger partial charge on any atom is 0.415 e. The van der Waals surface area contributed by atoms with Gasteiger partial charge in [0.15, 0.2) is 0 Å². The van der Waals surface area contributed by atoms with Gasteiger partial charge in [0.1, 0.15) is 23.1 Å². The van der Waals surface area contributed by atoms with Crippen molar-refractivity contribution in [1.29, 1.82) is 0 Å². The Hall–Kier alpha value is -3.85. The molecule has 2 saturated heterocycles. The zero-order valence-electron chi connectivity index (χ0n) is 21.5. The van der Waals surface area contributed by atoms with E-state index in [0.717, 1.165) is 11.4 Å². The monoisotopic (exact) mass is 552 g/mol. The van der Waals surface area contributed by atoms with E-state index in [-0.39, 0.29) is 35.3 Å². The van der Waals surface area contributed by atoms with Crippen LogP contribution in [0.3, 0.4) is 0 Å². The number of amides is 2. The standard InChI is InChI=1S/C29H30ClFN4O4/c1-33(29(38)39-24-9-6-22(31)7-10-24)26-18-35(17-25(26)19-2-4-21(30)5-3-19)28(37)20-12-14-34(15-13-20)27-11-8-23(36)16-32-27/h2-11,16,20,25-26,36H,12-15,17-18H2,1H3/t25?,26-/m1/s1. The summed E-state index contributed by atoms with van der Waals surface area (Å²) in [5.74, 6) is 0.559. The molecule has 0 spiro atoms. The Kier molecular flexibility index (Phi) is 7.88. The van der Waals surface area contributed by atoms with Gasteiger partial charge >= 0.3 is 6.09 Å². The Labute approximate surface area is 231 Å². The number of ether oxygens (including phenoxy) is 1. The Morgan fingerprint density at radius 3 is 2.36 bits per heavy atom. The number of rotatable bonds is 5. The summed E-state index contributed by atoms with van der Waals surface area (Å²) in [7, 11) is 1.66. The minimum atomic E-state index is -0.574. The summed E-state index contributed by atoms with van der Waals surface area (Å²) in [4.78, 5) is 36.5. The van der Waals surface area contributed by atoms with Crippen LogP contribution in [-0.2, 0) is 4.79 Å². The molecule has 0 bridgehead atoms. The third-order valence-corrected chi connectivity index (χ3v) is 7.86. The maximum absolute atomic E-state index is 13.6. The van der Waals surface area contributed by atoms with E-state index in [9.17, 15) is 19.1 Å². The number of nitrogens with zero attached hydrogens (tertiary/aromatic N) is 4. The second kappa shape index (κ2) is 11.5. The Bertz CT molecular complexity index is 1300. The molecule has 5 rings (SSSR count). The van der Waals surface area contributed by atoms with Crippen LogP contribution in [0, 0.1) is 11.7 Å². The lowest BCUT2D eigenvalue weighted by Gasteiger charge is -2.34. The first-order valence-electron chi connectivity index (χ1n) is 12.9. The van der Waals surface area contributed by atoms with E-state index in [1.165, 1.54) is 35.4 Å². The molecular formula is C29H30ClFN4O4. The van der Waals surface area contributed by atoms with Crippen LogP contribution in [0.15, 0.2) is 66.9 Å². The number of carbonyl (C=O) groups is 2. The van der Waals surface area contributed by atoms with Crippen molar-refractivity contribution >= 4 is 29.4 Å². The first kappa shape index (κ1) is 26.7. The van der Waals surface area contributed by atoms with Gasteiger partial charge in [0, 0.05) is 50.1 Å². The minimum absolute atomic E-state index is 0.0788. The summed E-state index contributed by atoms with van der Waals surface area (Å²) in [6.45, 7) is 2.23. The average molecular weight is 553 g/mol. The van der Waals surface area contributed by atoms with Gasteiger partial charge in [0.2, 0.25) is 5.91 Å². The van der Waals surface area contributed by atoms with Crippen molar-refractivity contribution in [3.63, 3.8) is 0 Å². The highest BCUT2D eigenvalue weighted by atomic mass is 35.5. The van der Waals surface area contributed by atoms with Crippen molar-refractivity contribution in [2.75, 3.05) is 38.1 Å². The smallest absolute Gasteiger partial charge is 0.415 e. The van der Waals surface area contributed by atoms with Crippen molar-refractivity contribution < 1.29 is 23.8 Å². The van der Waals surface area contributed by atoms with Gasteiger partial charge in [0.05, 0.1) is 12.2 Å². The molecule has 8 nitrogen and oxygen atoms in total. The van der Waals surface area contributed by atoms with Crippen LogP contribution < -0.4 is 9.64 Å². The molecule has 1 aromatic heterocycles. The molecule has 2 aromatic carbocycles. The second-order valence-corrected chi connectivity index (χ2v) is 10.5. The molecule has 2 aliphatic heterocycles. The summed E-state index contributed by atoms with van der Waals surface area (Å²) in [6, 6.07) is 15.8. The molecule has 0 saturated carbocycles. The van der Waals surface area contributed by atoms with E-state index in [1.54, 1.807) is 19.2 Å². The number of anilines is 1. The highest BCUT2D eigenvalue weighted by Gasteiger charge is 2.42. The number of hydrogen-bond donors (Lipinski definition) is 1. The second-order valence-electron chi connectivity index (χ2n) is 10.0. The van der Waals surface area contributed by atoms with Crippen molar-refractivity contribution in [3.8, 4) is 11.5 Å². The largest absolute Gasteiger partial charge is 0.506 e. The number of aromatic nitrogens is 1. The number of carbonyl (C=O) groups excluding carboxylic acids is 2. The Morgan fingerprint density at radius 1 is 1.03 bits per heavy atom. The molecule has 2 atom stereocenters. The van der Waals surface area contributed by atoms with Crippen LogP contribution in [0.5, 0.6) is 11.5 Å². The number of likely N-dealkylation sites (tertiary alicyclic amines) is 1. The summed E-state index contributed by atoms with van der Waals surface area (Å²) < 4.78 is 18.8. The average Bonchev–Trinajstić information content (AvgIpc) is 3.40. The van der Waals surface area contributed by atoms with Crippen molar-refractivity contribution in [2.45, 2.75) is 24.8 Å². The number of pyridine rings is 1. The van der Waals surface area contributed by atoms with Crippen molar-refractivity contribution in [1.82, 2.24) is 14.8 Å². The lowest BCUT2D eigenvalue weighted by Crippen LogP contribution is -2.45. The topological polar surface area (TPSA) is 86.2 Å². The summed E-state index contributed by atoms with van der Waals surface area (Å²) in [5.41, 5.74) is 0.981. The SMILES string of the molecule is CN(C(=O)Oc1ccc(F)cc1)[C@@H]1CN(C(=O)C2CCN(c3ccc(O)cn3)CC2)CC1c1ccc(Cl)cc1. The third-order valence-electron chi connectivity index (χ3n) is 7.60. The fourth-order valence-corrected chi connectivity index (χ4v) is 5.51. The van der Waals surface area contributed by atoms with Gasteiger partial charge in [-0.3, -0.25) is 4.79 Å². The van der Waals surface area contributed by atoms with Crippen molar-refractivity contribution in [3.05, 3.63) is 83.3 Å². The summed E-state index contributed by atoms with van der Waals surface area (Å²) in [6.07, 6.45) is 2.23. The third kappa shape index (κ3) is 6.09.